The third-order valence-electron chi connectivity index (χ3n) is 5.39. The van der Waals surface area contributed by atoms with E-state index in [4.69, 9.17) is 25.8 Å². The van der Waals surface area contributed by atoms with Gasteiger partial charge in [0.1, 0.15) is 6.61 Å². The highest BCUT2D eigenvalue weighted by molar-refractivity contribution is 8.18. The average Bonchev–Trinajstić information content (AvgIpc) is 3.17. The van der Waals surface area contributed by atoms with Crippen molar-refractivity contribution >= 4 is 52.2 Å². The lowest BCUT2D eigenvalue weighted by molar-refractivity contribution is -0.121. The van der Waals surface area contributed by atoms with E-state index in [0.29, 0.717) is 51.1 Å². The lowest BCUT2D eigenvalue weighted by Gasteiger charge is -2.13. The van der Waals surface area contributed by atoms with Crippen LogP contribution in [0.5, 0.6) is 11.5 Å². The first-order chi connectivity index (χ1) is 17.9. The SMILES string of the molecule is CCOc1cc(/C=C2\SC(=Nc3ccc(C(=O)OC)cc3)N(C)C2=O)ccc1OCc1ccc(Cl)cc1. The van der Waals surface area contributed by atoms with Crippen molar-refractivity contribution in [3.05, 3.63) is 93.3 Å². The first-order valence-corrected chi connectivity index (χ1v) is 12.7. The van der Waals surface area contributed by atoms with Gasteiger partial charge in [-0.15, -0.1) is 0 Å². The molecule has 0 radical (unpaired) electrons. The Bertz CT molecular complexity index is 1350. The molecule has 1 aliphatic rings. The lowest BCUT2D eigenvalue weighted by Crippen LogP contribution is -2.23. The molecular formula is C28H25ClN2O5S. The highest BCUT2D eigenvalue weighted by Crippen LogP contribution is 2.35. The summed E-state index contributed by atoms with van der Waals surface area (Å²) in [4.78, 5) is 31.1. The third-order valence-corrected chi connectivity index (χ3v) is 6.70. The summed E-state index contributed by atoms with van der Waals surface area (Å²) in [6.45, 7) is 2.75. The van der Waals surface area contributed by atoms with E-state index in [1.807, 2.05) is 49.4 Å². The summed E-state index contributed by atoms with van der Waals surface area (Å²) in [7, 11) is 3.01. The molecule has 0 spiro atoms. The second-order valence-corrected chi connectivity index (χ2v) is 9.41. The number of carbonyl (C=O) groups excluding carboxylic acids is 2. The number of aliphatic imine (C=N–C) groups is 1. The van der Waals surface area contributed by atoms with E-state index >= 15 is 0 Å². The zero-order chi connectivity index (χ0) is 26.4. The van der Waals surface area contributed by atoms with E-state index in [1.54, 1.807) is 37.4 Å². The molecule has 4 rings (SSSR count). The number of amidine groups is 1. The molecule has 37 heavy (non-hydrogen) atoms. The molecule has 1 heterocycles. The number of methoxy groups -OCH3 is 1. The average molecular weight is 537 g/mol. The molecule has 3 aromatic rings. The summed E-state index contributed by atoms with van der Waals surface area (Å²) in [5, 5.41) is 1.21. The lowest BCUT2D eigenvalue weighted by atomic mass is 10.1. The minimum absolute atomic E-state index is 0.157. The second-order valence-electron chi connectivity index (χ2n) is 7.96. The van der Waals surface area contributed by atoms with Gasteiger partial charge < -0.3 is 14.2 Å². The number of esters is 1. The Morgan fingerprint density at radius 3 is 2.43 bits per heavy atom. The molecule has 1 amide bonds. The van der Waals surface area contributed by atoms with Crippen molar-refractivity contribution in [2.24, 2.45) is 4.99 Å². The van der Waals surface area contributed by atoms with Crippen LogP contribution in [0.15, 0.2) is 76.6 Å². The van der Waals surface area contributed by atoms with Crippen LogP contribution in [-0.2, 0) is 16.1 Å². The number of carbonyl (C=O) groups is 2. The number of likely N-dealkylation sites (N-methyl/N-ethyl adjacent to an activating group) is 1. The van der Waals surface area contributed by atoms with Crippen LogP contribution in [0.1, 0.15) is 28.4 Å². The second kappa shape index (κ2) is 12.0. The molecule has 7 nitrogen and oxygen atoms in total. The topological polar surface area (TPSA) is 77.4 Å². The fraction of sp³-hybridized carbons (Fsp3) is 0.179. The first-order valence-electron chi connectivity index (χ1n) is 11.5. The minimum atomic E-state index is -0.417. The molecule has 0 unspecified atom stereocenters. The number of thioether (sulfide) groups is 1. The largest absolute Gasteiger partial charge is 0.490 e. The summed E-state index contributed by atoms with van der Waals surface area (Å²) in [5.41, 5.74) is 2.84. The number of rotatable bonds is 8. The Labute approximate surface area is 224 Å². The molecule has 0 N–H and O–H groups in total. The molecule has 9 heteroatoms. The fourth-order valence-electron chi connectivity index (χ4n) is 3.45. The highest BCUT2D eigenvalue weighted by atomic mass is 35.5. The summed E-state index contributed by atoms with van der Waals surface area (Å²) in [5.74, 6) is 0.629. The number of halogens is 1. The fourth-order valence-corrected chi connectivity index (χ4v) is 4.56. The predicted molar refractivity (Wildman–Crippen MR) is 147 cm³/mol. The smallest absolute Gasteiger partial charge is 0.337 e. The number of nitrogens with zero attached hydrogens (tertiary/aromatic N) is 2. The van der Waals surface area contributed by atoms with E-state index in [2.05, 4.69) is 4.99 Å². The number of hydrogen-bond donors (Lipinski definition) is 0. The molecule has 1 aliphatic heterocycles. The van der Waals surface area contributed by atoms with Crippen LogP contribution in [0.3, 0.4) is 0 Å². The number of hydrogen-bond acceptors (Lipinski definition) is 7. The highest BCUT2D eigenvalue weighted by Gasteiger charge is 2.30. The van der Waals surface area contributed by atoms with Crippen LogP contribution in [-0.4, -0.2) is 42.7 Å². The van der Waals surface area contributed by atoms with Gasteiger partial charge in [-0.05, 0) is 84.4 Å². The molecule has 3 aromatic carbocycles. The molecule has 0 atom stereocenters. The van der Waals surface area contributed by atoms with Gasteiger partial charge >= 0.3 is 5.97 Å². The Morgan fingerprint density at radius 1 is 1.03 bits per heavy atom. The van der Waals surface area contributed by atoms with Crippen LogP contribution in [0.4, 0.5) is 5.69 Å². The maximum Gasteiger partial charge on any atom is 0.337 e. The maximum atomic E-state index is 12.9. The van der Waals surface area contributed by atoms with E-state index in [9.17, 15) is 9.59 Å². The van der Waals surface area contributed by atoms with Crippen LogP contribution >= 0.6 is 23.4 Å². The van der Waals surface area contributed by atoms with Gasteiger partial charge in [0.25, 0.3) is 5.91 Å². The van der Waals surface area contributed by atoms with Crippen LogP contribution in [0, 0.1) is 0 Å². The first kappa shape index (κ1) is 26.3. The number of ether oxygens (including phenoxy) is 3. The quantitative estimate of drug-likeness (QED) is 0.247. The van der Waals surface area contributed by atoms with Gasteiger partial charge in [-0.2, -0.15) is 0 Å². The monoisotopic (exact) mass is 536 g/mol. The van der Waals surface area contributed by atoms with Gasteiger partial charge in [0.2, 0.25) is 0 Å². The summed E-state index contributed by atoms with van der Waals surface area (Å²) in [6, 6.07) is 19.7. The van der Waals surface area contributed by atoms with Gasteiger partial charge in [-0.3, -0.25) is 9.69 Å². The molecule has 1 saturated heterocycles. The third kappa shape index (κ3) is 6.53. The Hall–Kier alpha value is -3.75. The normalized spacial score (nSPS) is 15.4. The van der Waals surface area contributed by atoms with Gasteiger partial charge in [-0.1, -0.05) is 29.8 Å². The van der Waals surface area contributed by atoms with E-state index in [1.165, 1.54) is 23.8 Å². The van der Waals surface area contributed by atoms with Crippen molar-refractivity contribution < 1.29 is 23.8 Å². The zero-order valence-electron chi connectivity index (χ0n) is 20.6. The van der Waals surface area contributed by atoms with E-state index in [0.717, 1.165) is 11.1 Å². The van der Waals surface area contributed by atoms with Crippen molar-refractivity contribution in [3.8, 4) is 11.5 Å². The Kier molecular flexibility index (Phi) is 8.53. The van der Waals surface area contributed by atoms with Gasteiger partial charge in [0.15, 0.2) is 16.7 Å². The molecular weight excluding hydrogens is 512 g/mol. The van der Waals surface area contributed by atoms with Crippen molar-refractivity contribution in [1.29, 1.82) is 0 Å². The van der Waals surface area contributed by atoms with Gasteiger partial charge in [-0.25, -0.2) is 9.79 Å². The van der Waals surface area contributed by atoms with Crippen molar-refractivity contribution in [3.63, 3.8) is 0 Å². The summed E-state index contributed by atoms with van der Waals surface area (Å²) < 4.78 is 16.5. The number of amides is 1. The maximum absolute atomic E-state index is 12.9. The predicted octanol–water partition coefficient (Wildman–Crippen LogP) is 6.34. The summed E-state index contributed by atoms with van der Waals surface area (Å²) in [6.07, 6.45) is 1.80. The Balaban J connectivity index is 1.51. The van der Waals surface area contributed by atoms with Crippen molar-refractivity contribution in [2.45, 2.75) is 13.5 Å². The van der Waals surface area contributed by atoms with E-state index in [-0.39, 0.29) is 5.91 Å². The molecule has 0 aromatic heterocycles. The van der Waals surface area contributed by atoms with Crippen LogP contribution in [0.25, 0.3) is 6.08 Å². The Morgan fingerprint density at radius 2 is 1.76 bits per heavy atom. The molecule has 0 aliphatic carbocycles. The van der Waals surface area contributed by atoms with Crippen molar-refractivity contribution in [2.75, 3.05) is 20.8 Å². The molecule has 0 bridgehead atoms. The van der Waals surface area contributed by atoms with E-state index < -0.39 is 5.97 Å². The standard InChI is InChI=1S/C28H25ClN2O5S/c1-4-35-24-15-19(7-14-23(24)36-17-18-5-10-21(29)11-6-18)16-25-26(32)31(2)28(37-25)30-22-12-8-20(9-13-22)27(33)34-3/h5-16H,4,17H2,1-3H3/b25-16-,30-28?. The van der Waals surface area contributed by atoms with Crippen molar-refractivity contribution in [1.82, 2.24) is 4.90 Å². The summed E-state index contributed by atoms with van der Waals surface area (Å²) >= 11 is 7.23. The molecule has 190 valence electrons. The van der Waals surface area contributed by atoms with Gasteiger partial charge in [0, 0.05) is 12.1 Å². The van der Waals surface area contributed by atoms with Crippen LogP contribution < -0.4 is 9.47 Å². The minimum Gasteiger partial charge on any atom is -0.490 e. The molecule has 1 fully saturated rings. The number of benzene rings is 3. The zero-order valence-corrected chi connectivity index (χ0v) is 22.1. The van der Waals surface area contributed by atoms with Crippen LogP contribution in [0.2, 0.25) is 5.02 Å². The molecule has 0 saturated carbocycles. The van der Waals surface area contributed by atoms with Gasteiger partial charge in [0.05, 0.1) is 29.9 Å².